The van der Waals surface area contributed by atoms with Crippen molar-refractivity contribution in [3.8, 4) is 11.3 Å². The summed E-state index contributed by atoms with van der Waals surface area (Å²) in [7, 11) is 3.91. The van der Waals surface area contributed by atoms with Crippen LogP contribution >= 0.6 is 0 Å². The van der Waals surface area contributed by atoms with Crippen LogP contribution in [0, 0.1) is 0 Å². The van der Waals surface area contributed by atoms with Crippen molar-refractivity contribution in [2.75, 3.05) is 32.5 Å². The van der Waals surface area contributed by atoms with Gasteiger partial charge in [-0.3, -0.25) is 0 Å². The lowest BCUT2D eigenvalue weighted by molar-refractivity contribution is -0.137. The van der Waals surface area contributed by atoms with Crippen molar-refractivity contribution >= 4 is 5.82 Å². The zero-order chi connectivity index (χ0) is 16.2. The Bertz CT molecular complexity index is 626. The molecule has 0 saturated heterocycles. The van der Waals surface area contributed by atoms with Gasteiger partial charge >= 0.3 is 6.18 Å². The zero-order valence-electron chi connectivity index (χ0n) is 12.4. The first-order valence-corrected chi connectivity index (χ1v) is 6.74. The summed E-state index contributed by atoms with van der Waals surface area (Å²) in [5.74, 6) is 0.587. The van der Waals surface area contributed by atoms with Crippen LogP contribution < -0.4 is 5.32 Å². The standard InChI is InChI=1S/C15H17F3N4/c1-22(2)7-6-19-14-9-13(20-10-21-14)11-4-3-5-12(8-11)15(16,17)18/h3-5,8-10H,6-7H2,1-2H3,(H,19,20,21). The maximum absolute atomic E-state index is 12.8. The molecule has 0 aliphatic carbocycles. The highest BCUT2D eigenvalue weighted by Crippen LogP contribution is 2.31. The van der Waals surface area contributed by atoms with E-state index in [1.54, 1.807) is 12.1 Å². The van der Waals surface area contributed by atoms with Gasteiger partial charge in [-0.05, 0) is 26.2 Å². The van der Waals surface area contributed by atoms with E-state index in [4.69, 9.17) is 0 Å². The smallest absolute Gasteiger partial charge is 0.369 e. The van der Waals surface area contributed by atoms with Gasteiger partial charge in [0, 0.05) is 24.7 Å². The monoisotopic (exact) mass is 310 g/mol. The topological polar surface area (TPSA) is 41.0 Å². The molecule has 0 bridgehead atoms. The van der Waals surface area contributed by atoms with E-state index in [9.17, 15) is 13.2 Å². The van der Waals surface area contributed by atoms with E-state index in [0.717, 1.165) is 18.7 Å². The van der Waals surface area contributed by atoms with Crippen molar-refractivity contribution in [2.24, 2.45) is 0 Å². The zero-order valence-corrected chi connectivity index (χ0v) is 12.4. The largest absolute Gasteiger partial charge is 0.416 e. The van der Waals surface area contributed by atoms with Gasteiger partial charge in [-0.1, -0.05) is 12.1 Å². The van der Waals surface area contributed by atoms with Crippen molar-refractivity contribution in [3.63, 3.8) is 0 Å². The molecule has 1 heterocycles. The Kier molecular flexibility index (Phi) is 4.97. The maximum atomic E-state index is 12.8. The van der Waals surface area contributed by atoms with Gasteiger partial charge in [0.2, 0.25) is 0 Å². The lowest BCUT2D eigenvalue weighted by Crippen LogP contribution is -2.21. The fraction of sp³-hybridized carbons (Fsp3) is 0.333. The molecule has 7 heteroatoms. The van der Waals surface area contributed by atoms with Gasteiger partial charge in [-0.25, -0.2) is 9.97 Å². The molecule has 2 aromatic rings. The van der Waals surface area contributed by atoms with Crippen LogP contribution in [0.15, 0.2) is 36.7 Å². The Labute approximate surface area is 127 Å². The molecule has 1 aromatic heterocycles. The molecule has 0 saturated carbocycles. The number of halogens is 3. The van der Waals surface area contributed by atoms with Gasteiger partial charge in [0.25, 0.3) is 0 Å². The summed E-state index contributed by atoms with van der Waals surface area (Å²) in [5.41, 5.74) is 0.173. The predicted molar refractivity (Wildman–Crippen MR) is 79.5 cm³/mol. The van der Waals surface area contributed by atoms with Gasteiger partial charge in [0.15, 0.2) is 0 Å². The molecule has 4 nitrogen and oxygen atoms in total. The van der Waals surface area contributed by atoms with Gasteiger partial charge in [0.1, 0.15) is 12.1 Å². The van der Waals surface area contributed by atoms with Crippen LogP contribution in [0.5, 0.6) is 0 Å². The Hall–Kier alpha value is -2.15. The second-order valence-corrected chi connectivity index (χ2v) is 5.10. The molecule has 2 rings (SSSR count). The first-order valence-electron chi connectivity index (χ1n) is 6.74. The highest BCUT2D eigenvalue weighted by Gasteiger charge is 2.30. The summed E-state index contributed by atoms with van der Waals surface area (Å²) in [6, 6.07) is 6.75. The van der Waals surface area contributed by atoms with E-state index in [0.29, 0.717) is 23.6 Å². The lowest BCUT2D eigenvalue weighted by Gasteiger charge is -2.12. The Morgan fingerprint density at radius 1 is 1.14 bits per heavy atom. The average molecular weight is 310 g/mol. The van der Waals surface area contributed by atoms with Crippen LogP contribution in [0.25, 0.3) is 11.3 Å². The maximum Gasteiger partial charge on any atom is 0.416 e. The normalized spacial score (nSPS) is 11.7. The SMILES string of the molecule is CN(C)CCNc1cc(-c2cccc(C(F)(F)F)c2)ncn1. The van der Waals surface area contributed by atoms with Crippen LogP contribution in [0.1, 0.15) is 5.56 Å². The van der Waals surface area contributed by atoms with Gasteiger partial charge in [-0.2, -0.15) is 13.2 Å². The molecule has 1 aromatic carbocycles. The molecule has 0 aliphatic rings. The Morgan fingerprint density at radius 2 is 1.91 bits per heavy atom. The van der Waals surface area contributed by atoms with Gasteiger partial charge < -0.3 is 10.2 Å². The molecule has 22 heavy (non-hydrogen) atoms. The Morgan fingerprint density at radius 3 is 2.59 bits per heavy atom. The third-order valence-electron chi connectivity index (χ3n) is 3.02. The molecule has 0 fully saturated rings. The molecular weight excluding hydrogens is 293 g/mol. The van der Waals surface area contributed by atoms with Crippen molar-refractivity contribution in [3.05, 3.63) is 42.2 Å². The molecule has 1 N–H and O–H groups in total. The number of hydrogen-bond donors (Lipinski definition) is 1. The average Bonchev–Trinajstić information content (AvgIpc) is 2.46. The highest BCUT2D eigenvalue weighted by molar-refractivity contribution is 5.63. The van der Waals surface area contributed by atoms with Crippen molar-refractivity contribution in [2.45, 2.75) is 6.18 Å². The summed E-state index contributed by atoms with van der Waals surface area (Å²) in [6.07, 6.45) is -3.02. The number of alkyl halides is 3. The molecule has 0 amide bonds. The minimum Gasteiger partial charge on any atom is -0.369 e. The number of likely N-dealkylation sites (N-methyl/N-ethyl adjacent to an activating group) is 1. The second-order valence-electron chi connectivity index (χ2n) is 5.10. The van der Waals surface area contributed by atoms with E-state index < -0.39 is 11.7 Å². The van der Waals surface area contributed by atoms with Gasteiger partial charge in [0.05, 0.1) is 11.3 Å². The van der Waals surface area contributed by atoms with Crippen molar-refractivity contribution in [1.82, 2.24) is 14.9 Å². The number of nitrogens with one attached hydrogen (secondary N) is 1. The molecule has 0 aliphatic heterocycles. The van der Waals surface area contributed by atoms with Crippen LogP contribution in [0.4, 0.5) is 19.0 Å². The molecule has 0 unspecified atom stereocenters. The minimum atomic E-state index is -4.37. The summed E-state index contributed by atoms with van der Waals surface area (Å²) < 4.78 is 38.3. The highest BCUT2D eigenvalue weighted by atomic mass is 19.4. The third-order valence-corrected chi connectivity index (χ3v) is 3.02. The number of aromatic nitrogens is 2. The first kappa shape index (κ1) is 16.2. The van der Waals surface area contributed by atoms with Crippen LogP contribution in [0.2, 0.25) is 0 Å². The van der Waals surface area contributed by atoms with Crippen molar-refractivity contribution < 1.29 is 13.2 Å². The first-order chi connectivity index (χ1) is 10.4. The fourth-order valence-electron chi connectivity index (χ4n) is 1.87. The van der Waals surface area contributed by atoms with E-state index in [1.165, 1.54) is 12.4 Å². The molecule has 0 radical (unpaired) electrons. The van der Waals surface area contributed by atoms with E-state index in [2.05, 4.69) is 15.3 Å². The summed E-state index contributed by atoms with van der Waals surface area (Å²) in [4.78, 5) is 10.1. The van der Waals surface area contributed by atoms with Gasteiger partial charge in [-0.15, -0.1) is 0 Å². The number of benzene rings is 1. The quantitative estimate of drug-likeness (QED) is 0.921. The number of rotatable bonds is 5. The second kappa shape index (κ2) is 6.74. The predicted octanol–water partition coefficient (Wildman–Crippen LogP) is 3.14. The number of hydrogen-bond acceptors (Lipinski definition) is 4. The molecule has 0 atom stereocenters. The molecule has 118 valence electrons. The summed E-state index contributed by atoms with van der Waals surface area (Å²) >= 11 is 0. The van der Waals surface area contributed by atoms with Crippen LogP contribution in [-0.4, -0.2) is 42.1 Å². The third kappa shape index (κ3) is 4.42. The van der Waals surface area contributed by atoms with Crippen LogP contribution in [-0.2, 0) is 6.18 Å². The number of nitrogens with zero attached hydrogens (tertiary/aromatic N) is 3. The van der Waals surface area contributed by atoms with E-state index >= 15 is 0 Å². The fourth-order valence-corrected chi connectivity index (χ4v) is 1.87. The Balaban J connectivity index is 2.19. The van der Waals surface area contributed by atoms with Crippen LogP contribution in [0.3, 0.4) is 0 Å². The summed E-state index contributed by atoms with van der Waals surface area (Å²) in [6.45, 7) is 1.51. The minimum absolute atomic E-state index is 0.410. The lowest BCUT2D eigenvalue weighted by atomic mass is 10.1. The molecular formula is C15H17F3N4. The van der Waals surface area contributed by atoms with E-state index in [-0.39, 0.29) is 0 Å². The van der Waals surface area contributed by atoms with E-state index in [1.807, 2.05) is 19.0 Å². The van der Waals surface area contributed by atoms with Crippen molar-refractivity contribution in [1.29, 1.82) is 0 Å². The number of anilines is 1. The molecule has 0 spiro atoms. The summed E-state index contributed by atoms with van der Waals surface area (Å²) in [5, 5.41) is 3.12.